The van der Waals surface area contributed by atoms with Crippen LogP contribution in [0.1, 0.15) is 13.8 Å². The summed E-state index contributed by atoms with van der Waals surface area (Å²) < 4.78 is 15.0. The highest BCUT2D eigenvalue weighted by molar-refractivity contribution is 5.86. The second-order valence-electron chi connectivity index (χ2n) is 3.04. The minimum absolute atomic E-state index is 0.186. The van der Waals surface area contributed by atoms with Crippen LogP contribution in [0.2, 0.25) is 0 Å². The molecule has 0 aliphatic carbocycles. The largest absolute Gasteiger partial charge is 0.433 e. The van der Waals surface area contributed by atoms with Crippen molar-refractivity contribution in [2.24, 2.45) is 0 Å². The fourth-order valence-electron chi connectivity index (χ4n) is 0.692. The summed E-state index contributed by atoms with van der Waals surface area (Å²) in [5.74, 6) is -0.427. The molecule has 1 rings (SSSR count). The number of rotatable bonds is 5. The van der Waals surface area contributed by atoms with E-state index in [1.165, 1.54) is 0 Å². The van der Waals surface area contributed by atoms with Crippen molar-refractivity contribution in [3.63, 3.8) is 0 Å². The molecule has 2 unspecified atom stereocenters. The van der Waals surface area contributed by atoms with E-state index in [0.29, 0.717) is 12.2 Å². The molecule has 1 fully saturated rings. The Balaban J connectivity index is 2.11. The van der Waals surface area contributed by atoms with E-state index in [4.69, 9.17) is 14.2 Å². The van der Waals surface area contributed by atoms with Crippen LogP contribution in [0.3, 0.4) is 0 Å². The molecule has 1 heterocycles. The molecule has 74 valence electrons. The van der Waals surface area contributed by atoms with E-state index in [-0.39, 0.29) is 6.10 Å². The molecule has 0 saturated carbocycles. The zero-order valence-electron chi connectivity index (χ0n) is 7.91. The van der Waals surface area contributed by atoms with E-state index in [1.54, 1.807) is 13.8 Å². The normalized spacial score (nSPS) is 22.2. The lowest BCUT2D eigenvalue weighted by Crippen LogP contribution is -2.20. The molecule has 0 aromatic carbocycles. The summed E-state index contributed by atoms with van der Waals surface area (Å²) in [5, 5.41) is 0. The zero-order valence-corrected chi connectivity index (χ0v) is 7.91. The maximum atomic E-state index is 11.0. The van der Waals surface area contributed by atoms with Gasteiger partial charge in [0.2, 0.25) is 6.29 Å². The minimum atomic E-state index is -0.534. The number of epoxide rings is 1. The van der Waals surface area contributed by atoms with Crippen molar-refractivity contribution in [1.29, 1.82) is 0 Å². The molecule has 0 spiro atoms. The van der Waals surface area contributed by atoms with Crippen LogP contribution in [0.5, 0.6) is 0 Å². The molecule has 0 N–H and O–H groups in total. The van der Waals surface area contributed by atoms with Gasteiger partial charge < -0.3 is 14.2 Å². The van der Waals surface area contributed by atoms with E-state index in [9.17, 15) is 4.79 Å². The van der Waals surface area contributed by atoms with Crippen molar-refractivity contribution < 1.29 is 19.0 Å². The van der Waals surface area contributed by atoms with E-state index in [0.717, 1.165) is 6.61 Å². The maximum absolute atomic E-state index is 11.0. The van der Waals surface area contributed by atoms with Gasteiger partial charge in [-0.15, -0.1) is 0 Å². The summed E-state index contributed by atoms with van der Waals surface area (Å²) >= 11 is 0. The van der Waals surface area contributed by atoms with Gasteiger partial charge in [-0.25, -0.2) is 4.79 Å². The molecule has 0 bridgehead atoms. The average Bonchev–Trinajstić information content (AvgIpc) is 2.83. The van der Waals surface area contributed by atoms with Crippen molar-refractivity contribution in [1.82, 2.24) is 0 Å². The van der Waals surface area contributed by atoms with E-state index < -0.39 is 12.3 Å². The summed E-state index contributed by atoms with van der Waals surface area (Å²) in [7, 11) is 0. The maximum Gasteiger partial charge on any atom is 0.335 e. The van der Waals surface area contributed by atoms with Gasteiger partial charge in [-0.1, -0.05) is 6.58 Å². The van der Waals surface area contributed by atoms with Gasteiger partial charge in [0.15, 0.2) is 0 Å². The Labute approximate surface area is 77.5 Å². The molecule has 0 aromatic rings. The van der Waals surface area contributed by atoms with Gasteiger partial charge in [-0.2, -0.15) is 0 Å². The first kappa shape index (κ1) is 10.2. The molecule has 0 radical (unpaired) electrons. The van der Waals surface area contributed by atoms with Crippen LogP contribution < -0.4 is 0 Å². The number of hydrogen-bond donors (Lipinski definition) is 0. The molecule has 13 heavy (non-hydrogen) atoms. The highest BCUT2D eigenvalue weighted by Gasteiger charge is 2.24. The first-order valence-electron chi connectivity index (χ1n) is 4.19. The fraction of sp³-hybridized carbons (Fsp3) is 0.667. The Morgan fingerprint density at radius 1 is 1.77 bits per heavy atom. The lowest BCUT2D eigenvalue weighted by Gasteiger charge is -2.12. The van der Waals surface area contributed by atoms with Crippen LogP contribution in [-0.4, -0.2) is 31.6 Å². The van der Waals surface area contributed by atoms with E-state index in [1.807, 2.05) is 0 Å². The van der Waals surface area contributed by atoms with Crippen molar-refractivity contribution in [3.05, 3.63) is 12.2 Å². The number of carbonyl (C=O) groups excluding carboxylic acids is 1. The number of esters is 1. The summed E-state index contributed by atoms with van der Waals surface area (Å²) in [4.78, 5) is 11.0. The molecule has 4 nitrogen and oxygen atoms in total. The second kappa shape index (κ2) is 4.39. The van der Waals surface area contributed by atoms with Crippen LogP contribution in [-0.2, 0) is 19.0 Å². The van der Waals surface area contributed by atoms with Gasteiger partial charge in [-0.3, -0.25) is 0 Å². The summed E-state index contributed by atoms with van der Waals surface area (Å²) in [6, 6.07) is 0. The molecule has 0 aromatic heterocycles. The predicted molar refractivity (Wildman–Crippen MR) is 46.1 cm³/mol. The minimum Gasteiger partial charge on any atom is -0.433 e. The smallest absolute Gasteiger partial charge is 0.335 e. The fourth-order valence-corrected chi connectivity index (χ4v) is 0.692. The van der Waals surface area contributed by atoms with Crippen molar-refractivity contribution in [3.8, 4) is 0 Å². The quantitative estimate of drug-likeness (QED) is 0.276. The molecular formula is C9H14O4. The molecular weight excluding hydrogens is 172 g/mol. The van der Waals surface area contributed by atoms with Gasteiger partial charge >= 0.3 is 5.97 Å². The Bertz CT molecular complexity index is 208. The lowest BCUT2D eigenvalue weighted by atomic mass is 10.4. The summed E-state index contributed by atoms with van der Waals surface area (Å²) in [6.45, 7) is 7.94. The predicted octanol–water partition coefficient (Wildman–Crippen LogP) is 0.867. The molecule has 0 amide bonds. The van der Waals surface area contributed by atoms with E-state index >= 15 is 0 Å². The Hall–Kier alpha value is -0.870. The lowest BCUT2D eigenvalue weighted by molar-refractivity contribution is -0.170. The standard InChI is InChI=1S/C9H14O4/c1-6(2)9(10)13-7(3)11-4-8-5-12-8/h7-8H,1,4-5H2,2-3H3. The van der Waals surface area contributed by atoms with E-state index in [2.05, 4.69) is 6.58 Å². The summed E-state index contributed by atoms with van der Waals surface area (Å²) in [5.41, 5.74) is 0.373. The summed E-state index contributed by atoms with van der Waals surface area (Å²) in [6.07, 6.45) is -0.348. The molecule has 1 aliphatic rings. The highest BCUT2D eigenvalue weighted by atomic mass is 16.7. The van der Waals surface area contributed by atoms with Crippen LogP contribution in [0.4, 0.5) is 0 Å². The number of carbonyl (C=O) groups is 1. The zero-order chi connectivity index (χ0) is 9.84. The van der Waals surface area contributed by atoms with Gasteiger partial charge in [0.25, 0.3) is 0 Å². The third-order valence-electron chi connectivity index (χ3n) is 1.54. The van der Waals surface area contributed by atoms with Gasteiger partial charge in [0.05, 0.1) is 13.2 Å². The van der Waals surface area contributed by atoms with Crippen LogP contribution in [0, 0.1) is 0 Å². The molecule has 2 atom stereocenters. The monoisotopic (exact) mass is 186 g/mol. The topological polar surface area (TPSA) is 48.1 Å². The van der Waals surface area contributed by atoms with Gasteiger partial charge in [0, 0.05) is 5.57 Å². The highest BCUT2D eigenvalue weighted by Crippen LogP contribution is 2.10. The average molecular weight is 186 g/mol. The van der Waals surface area contributed by atoms with Gasteiger partial charge in [-0.05, 0) is 13.8 Å². The molecule has 4 heteroatoms. The molecule has 1 aliphatic heterocycles. The number of hydrogen-bond acceptors (Lipinski definition) is 4. The Morgan fingerprint density at radius 2 is 2.38 bits per heavy atom. The van der Waals surface area contributed by atoms with Crippen LogP contribution in [0.25, 0.3) is 0 Å². The van der Waals surface area contributed by atoms with Gasteiger partial charge in [0.1, 0.15) is 6.10 Å². The third kappa shape index (κ3) is 4.05. The van der Waals surface area contributed by atoms with Crippen molar-refractivity contribution in [2.45, 2.75) is 26.2 Å². The van der Waals surface area contributed by atoms with Crippen LogP contribution in [0.15, 0.2) is 12.2 Å². The van der Waals surface area contributed by atoms with Crippen molar-refractivity contribution >= 4 is 5.97 Å². The third-order valence-corrected chi connectivity index (χ3v) is 1.54. The first-order chi connectivity index (χ1) is 6.09. The molecule has 1 saturated heterocycles. The number of ether oxygens (including phenoxy) is 3. The first-order valence-corrected chi connectivity index (χ1v) is 4.19. The Morgan fingerprint density at radius 3 is 2.85 bits per heavy atom. The van der Waals surface area contributed by atoms with Crippen LogP contribution >= 0.6 is 0 Å². The van der Waals surface area contributed by atoms with Crippen molar-refractivity contribution in [2.75, 3.05) is 13.2 Å². The Kier molecular flexibility index (Phi) is 3.45. The SMILES string of the molecule is C=C(C)C(=O)OC(C)OCC1CO1. The second-order valence-corrected chi connectivity index (χ2v) is 3.04.